The number of hydrogen-bond acceptors (Lipinski definition) is 4. The number of benzene rings is 1. The lowest BCUT2D eigenvalue weighted by Gasteiger charge is -2.10. The van der Waals surface area contributed by atoms with Gasteiger partial charge in [0.2, 0.25) is 15.9 Å². The number of hydrogen-bond donors (Lipinski definition) is 3. The lowest BCUT2D eigenvalue weighted by molar-refractivity contribution is -0.122. The largest absolute Gasteiger partial charge is 0.351 e. The van der Waals surface area contributed by atoms with E-state index in [1.165, 1.54) is 12.1 Å². The predicted molar refractivity (Wildman–Crippen MR) is 82.0 cm³/mol. The van der Waals surface area contributed by atoms with E-state index in [1.54, 1.807) is 19.1 Å². The van der Waals surface area contributed by atoms with Crippen molar-refractivity contribution in [1.82, 2.24) is 10.0 Å². The van der Waals surface area contributed by atoms with Crippen molar-refractivity contribution in [3.8, 4) is 0 Å². The summed E-state index contributed by atoms with van der Waals surface area (Å²) in [6.45, 7) is 6.19. The highest BCUT2D eigenvalue weighted by molar-refractivity contribution is 7.89. The minimum absolute atomic E-state index is 0.213. The molecule has 0 spiro atoms. The van der Waals surface area contributed by atoms with Gasteiger partial charge in [0, 0.05) is 13.1 Å². The van der Waals surface area contributed by atoms with Crippen LogP contribution in [-0.4, -0.2) is 26.9 Å². The minimum Gasteiger partial charge on any atom is -0.351 e. The summed E-state index contributed by atoms with van der Waals surface area (Å²) in [6.07, 6.45) is 0. The molecule has 0 aliphatic rings. The molecule has 1 aromatic rings. The van der Waals surface area contributed by atoms with Crippen molar-refractivity contribution >= 4 is 15.9 Å². The van der Waals surface area contributed by atoms with E-state index in [2.05, 4.69) is 10.0 Å². The van der Waals surface area contributed by atoms with Crippen molar-refractivity contribution in [2.45, 2.75) is 38.3 Å². The van der Waals surface area contributed by atoms with E-state index in [-0.39, 0.29) is 16.7 Å². The molecule has 0 unspecified atom stereocenters. The van der Waals surface area contributed by atoms with Gasteiger partial charge in [0.05, 0.1) is 10.9 Å². The number of rotatable bonds is 7. The molecule has 1 rings (SSSR count). The van der Waals surface area contributed by atoms with Crippen LogP contribution in [0.5, 0.6) is 0 Å². The minimum atomic E-state index is -3.47. The first-order valence-electron chi connectivity index (χ1n) is 6.84. The topological polar surface area (TPSA) is 101 Å². The van der Waals surface area contributed by atoms with Crippen molar-refractivity contribution in [1.29, 1.82) is 0 Å². The zero-order valence-electron chi connectivity index (χ0n) is 12.6. The van der Waals surface area contributed by atoms with Gasteiger partial charge < -0.3 is 11.1 Å². The van der Waals surface area contributed by atoms with Crippen LogP contribution in [0.4, 0.5) is 0 Å². The van der Waals surface area contributed by atoms with Crippen LogP contribution >= 0.6 is 0 Å². The summed E-state index contributed by atoms with van der Waals surface area (Å²) >= 11 is 0. The summed E-state index contributed by atoms with van der Waals surface area (Å²) in [7, 11) is -3.47. The third-order valence-corrected chi connectivity index (χ3v) is 4.24. The second-order valence-electron chi connectivity index (χ2n) is 5.40. The summed E-state index contributed by atoms with van der Waals surface area (Å²) in [5.74, 6) is -0.00203. The van der Waals surface area contributed by atoms with E-state index in [0.717, 1.165) is 5.56 Å². The Morgan fingerprint density at radius 3 is 2.24 bits per heavy atom. The molecule has 6 nitrogen and oxygen atoms in total. The number of sulfonamides is 1. The molecular weight excluding hydrogens is 290 g/mol. The Hall–Kier alpha value is -1.44. The van der Waals surface area contributed by atoms with Gasteiger partial charge in [-0.15, -0.1) is 0 Å². The quantitative estimate of drug-likeness (QED) is 0.685. The predicted octanol–water partition coefficient (Wildman–Crippen LogP) is 0.584. The first-order valence-corrected chi connectivity index (χ1v) is 8.32. The van der Waals surface area contributed by atoms with Crippen molar-refractivity contribution < 1.29 is 13.2 Å². The Morgan fingerprint density at radius 2 is 1.76 bits per heavy atom. The number of carbonyl (C=O) groups is 1. The molecule has 4 N–H and O–H groups in total. The van der Waals surface area contributed by atoms with Crippen LogP contribution in [0.15, 0.2) is 29.2 Å². The smallest absolute Gasteiger partial charge is 0.240 e. The number of carbonyl (C=O) groups excluding carboxylic acids is 1. The van der Waals surface area contributed by atoms with Gasteiger partial charge in [-0.25, -0.2) is 13.1 Å². The van der Waals surface area contributed by atoms with Gasteiger partial charge in [0.15, 0.2) is 0 Å². The standard InChI is InChI=1S/C14H23N3O3S/c1-10(2)8-17-21(19,20)13-6-4-12(5-7-13)9-16-14(18)11(3)15/h4-7,10-11,17H,8-9,15H2,1-3H3,(H,16,18)/t11-/m1/s1. The van der Waals surface area contributed by atoms with Gasteiger partial charge in [-0.2, -0.15) is 0 Å². The second-order valence-corrected chi connectivity index (χ2v) is 7.16. The van der Waals surface area contributed by atoms with E-state index in [4.69, 9.17) is 5.73 Å². The monoisotopic (exact) mass is 313 g/mol. The first-order chi connectivity index (χ1) is 9.72. The van der Waals surface area contributed by atoms with Crippen molar-refractivity contribution in [3.05, 3.63) is 29.8 Å². The number of nitrogens with two attached hydrogens (primary N) is 1. The lowest BCUT2D eigenvalue weighted by atomic mass is 10.2. The number of amides is 1. The Kier molecular flexibility index (Phi) is 6.32. The molecule has 0 saturated heterocycles. The highest BCUT2D eigenvalue weighted by atomic mass is 32.2. The lowest BCUT2D eigenvalue weighted by Crippen LogP contribution is -2.37. The average Bonchev–Trinajstić information content (AvgIpc) is 2.43. The molecule has 0 heterocycles. The molecule has 118 valence electrons. The Labute approximate surface area is 126 Å². The molecule has 0 aliphatic carbocycles. The molecule has 1 aromatic carbocycles. The Balaban J connectivity index is 2.67. The van der Waals surface area contributed by atoms with E-state index >= 15 is 0 Å². The van der Waals surface area contributed by atoms with E-state index in [0.29, 0.717) is 13.1 Å². The molecule has 7 heteroatoms. The normalized spacial score (nSPS) is 13.2. The molecule has 0 radical (unpaired) electrons. The third-order valence-electron chi connectivity index (χ3n) is 2.80. The fourth-order valence-corrected chi connectivity index (χ4v) is 2.71. The van der Waals surface area contributed by atoms with Crippen molar-refractivity contribution in [2.75, 3.05) is 6.54 Å². The molecule has 1 amide bonds. The average molecular weight is 313 g/mol. The van der Waals surface area contributed by atoms with Crippen LogP contribution in [0.1, 0.15) is 26.3 Å². The molecule has 0 bridgehead atoms. The van der Waals surface area contributed by atoms with E-state index in [1.807, 2.05) is 13.8 Å². The second kappa shape index (κ2) is 7.53. The zero-order chi connectivity index (χ0) is 16.0. The van der Waals surface area contributed by atoms with Gasteiger partial charge in [0.25, 0.3) is 0 Å². The maximum absolute atomic E-state index is 12.0. The van der Waals surface area contributed by atoms with E-state index in [9.17, 15) is 13.2 Å². The molecule has 0 fully saturated rings. The summed E-state index contributed by atoms with van der Waals surface area (Å²) in [5.41, 5.74) is 6.25. The maximum Gasteiger partial charge on any atom is 0.240 e. The summed E-state index contributed by atoms with van der Waals surface area (Å²) in [5, 5.41) is 2.67. The van der Waals surface area contributed by atoms with Crippen LogP contribution in [-0.2, 0) is 21.4 Å². The summed E-state index contributed by atoms with van der Waals surface area (Å²) in [4.78, 5) is 11.6. The van der Waals surface area contributed by atoms with Gasteiger partial charge >= 0.3 is 0 Å². The van der Waals surface area contributed by atoms with Crippen molar-refractivity contribution in [2.24, 2.45) is 11.7 Å². The van der Waals surface area contributed by atoms with Crippen LogP contribution in [0, 0.1) is 5.92 Å². The molecular formula is C14H23N3O3S. The third kappa shape index (κ3) is 5.82. The maximum atomic E-state index is 12.0. The van der Waals surface area contributed by atoms with Gasteiger partial charge in [-0.05, 0) is 30.5 Å². The van der Waals surface area contributed by atoms with Gasteiger partial charge in [0.1, 0.15) is 0 Å². The number of nitrogens with one attached hydrogen (secondary N) is 2. The fraction of sp³-hybridized carbons (Fsp3) is 0.500. The fourth-order valence-electron chi connectivity index (χ4n) is 1.50. The van der Waals surface area contributed by atoms with Crippen LogP contribution in [0.2, 0.25) is 0 Å². The Bertz CT molecular complexity index is 566. The molecule has 0 aromatic heterocycles. The molecule has 1 atom stereocenters. The highest BCUT2D eigenvalue weighted by Crippen LogP contribution is 2.11. The molecule has 0 aliphatic heterocycles. The van der Waals surface area contributed by atoms with Gasteiger partial charge in [-0.3, -0.25) is 4.79 Å². The van der Waals surface area contributed by atoms with Crippen LogP contribution < -0.4 is 15.8 Å². The SMILES string of the molecule is CC(C)CNS(=O)(=O)c1ccc(CNC(=O)[C@@H](C)N)cc1. The Morgan fingerprint density at radius 1 is 1.19 bits per heavy atom. The van der Waals surface area contributed by atoms with Gasteiger partial charge in [-0.1, -0.05) is 26.0 Å². The van der Waals surface area contributed by atoms with Crippen LogP contribution in [0.25, 0.3) is 0 Å². The zero-order valence-corrected chi connectivity index (χ0v) is 13.4. The van der Waals surface area contributed by atoms with Crippen LogP contribution in [0.3, 0.4) is 0 Å². The summed E-state index contributed by atoms with van der Waals surface area (Å²) < 4.78 is 26.6. The first kappa shape index (κ1) is 17.6. The molecule has 0 saturated carbocycles. The summed E-state index contributed by atoms with van der Waals surface area (Å²) in [6, 6.07) is 5.83. The molecule has 21 heavy (non-hydrogen) atoms. The van der Waals surface area contributed by atoms with E-state index < -0.39 is 16.1 Å². The van der Waals surface area contributed by atoms with Crippen molar-refractivity contribution in [3.63, 3.8) is 0 Å². The highest BCUT2D eigenvalue weighted by Gasteiger charge is 2.14.